The Bertz CT molecular complexity index is 582. The second kappa shape index (κ2) is 5.61. The molecule has 1 aliphatic carbocycles. The first kappa shape index (κ1) is 14.5. The molecule has 0 aliphatic heterocycles. The number of fused-ring (bicyclic) bond motifs is 1. The highest BCUT2D eigenvalue weighted by molar-refractivity contribution is 6.52. The molecule has 0 saturated carbocycles. The summed E-state index contributed by atoms with van der Waals surface area (Å²) in [5, 5.41) is 10.3. The molecule has 1 aromatic carbocycles. The van der Waals surface area contributed by atoms with E-state index in [1.54, 1.807) is 24.3 Å². The van der Waals surface area contributed by atoms with Crippen molar-refractivity contribution in [1.29, 1.82) is 0 Å². The third-order valence-corrected chi connectivity index (χ3v) is 3.62. The molecule has 0 saturated heterocycles. The van der Waals surface area contributed by atoms with Gasteiger partial charge in [-0.3, -0.25) is 9.59 Å². The van der Waals surface area contributed by atoms with E-state index >= 15 is 0 Å². The Labute approximate surface area is 119 Å². The van der Waals surface area contributed by atoms with Gasteiger partial charge in [-0.2, -0.15) is 0 Å². The lowest BCUT2D eigenvalue weighted by Crippen LogP contribution is -2.25. The Morgan fingerprint density at radius 1 is 1.00 bits per heavy atom. The maximum Gasteiger partial charge on any atom is 0.234 e. The summed E-state index contributed by atoms with van der Waals surface area (Å²) in [5.41, 5.74) is 1.04. The molecule has 0 bridgehead atoms. The molecule has 2 rings (SSSR count). The van der Waals surface area contributed by atoms with Crippen LogP contribution in [0.4, 0.5) is 0 Å². The summed E-state index contributed by atoms with van der Waals surface area (Å²) in [7, 11) is 0. The van der Waals surface area contributed by atoms with E-state index < -0.39 is 11.6 Å². The molecule has 106 valence electrons. The minimum Gasteiger partial charge on any atom is -0.507 e. The third kappa shape index (κ3) is 2.67. The number of ketones is 2. The summed E-state index contributed by atoms with van der Waals surface area (Å²) in [6.07, 6.45) is 1.41. The molecule has 1 unspecified atom stereocenters. The van der Waals surface area contributed by atoms with E-state index in [1.807, 2.05) is 6.92 Å². The van der Waals surface area contributed by atoms with Crippen molar-refractivity contribution in [2.75, 3.05) is 0 Å². The average Bonchev–Trinajstić information content (AvgIpc) is 2.40. The van der Waals surface area contributed by atoms with Gasteiger partial charge in [0, 0.05) is 16.7 Å². The molecule has 0 aromatic heterocycles. The molecule has 0 fully saturated rings. The van der Waals surface area contributed by atoms with Crippen LogP contribution in [0.1, 0.15) is 49.5 Å². The topological polar surface area (TPSA) is 54.4 Å². The first-order valence-corrected chi connectivity index (χ1v) is 7.02. The first-order chi connectivity index (χ1) is 9.41. The molecule has 3 heteroatoms. The van der Waals surface area contributed by atoms with Gasteiger partial charge < -0.3 is 5.11 Å². The van der Waals surface area contributed by atoms with Gasteiger partial charge in [-0.1, -0.05) is 45.0 Å². The molecule has 0 heterocycles. The van der Waals surface area contributed by atoms with Crippen molar-refractivity contribution in [2.24, 2.45) is 11.8 Å². The van der Waals surface area contributed by atoms with Crippen molar-refractivity contribution in [2.45, 2.75) is 33.6 Å². The Kier molecular flexibility index (Phi) is 4.07. The zero-order chi connectivity index (χ0) is 14.9. The predicted molar refractivity (Wildman–Crippen MR) is 78.6 cm³/mol. The smallest absolute Gasteiger partial charge is 0.234 e. The van der Waals surface area contributed by atoms with Gasteiger partial charge >= 0.3 is 0 Å². The number of carbonyl (C=O) groups excluding carboxylic acids is 2. The monoisotopic (exact) mass is 272 g/mol. The summed E-state index contributed by atoms with van der Waals surface area (Å²) in [6.45, 7) is 6.28. The zero-order valence-corrected chi connectivity index (χ0v) is 12.1. The molecular weight excluding hydrogens is 252 g/mol. The first-order valence-electron chi connectivity index (χ1n) is 7.02. The van der Waals surface area contributed by atoms with Gasteiger partial charge in [0.25, 0.3) is 0 Å². The highest BCUT2D eigenvalue weighted by Gasteiger charge is 2.32. The molecule has 1 N–H and O–H groups in total. The normalized spacial score (nSPS) is 16.6. The van der Waals surface area contributed by atoms with Gasteiger partial charge in [0.15, 0.2) is 0 Å². The molecule has 0 spiro atoms. The van der Waals surface area contributed by atoms with Crippen molar-refractivity contribution in [1.82, 2.24) is 0 Å². The van der Waals surface area contributed by atoms with Gasteiger partial charge in [0.2, 0.25) is 11.6 Å². The minimum absolute atomic E-state index is 0.0270. The minimum atomic E-state index is -0.559. The van der Waals surface area contributed by atoms with Crippen LogP contribution >= 0.6 is 0 Å². The molecule has 1 aliphatic rings. The zero-order valence-electron chi connectivity index (χ0n) is 12.1. The largest absolute Gasteiger partial charge is 0.507 e. The van der Waals surface area contributed by atoms with E-state index in [0.29, 0.717) is 23.5 Å². The Morgan fingerprint density at radius 3 is 2.20 bits per heavy atom. The fourth-order valence-electron chi connectivity index (χ4n) is 2.84. The van der Waals surface area contributed by atoms with Crippen LogP contribution in [0.5, 0.6) is 0 Å². The second-order valence-electron chi connectivity index (χ2n) is 5.97. The van der Waals surface area contributed by atoms with Gasteiger partial charge in [-0.05, 0) is 24.7 Å². The van der Waals surface area contributed by atoms with Crippen LogP contribution in [0.25, 0.3) is 5.76 Å². The SMILES string of the molecule is CC(C)CC(C)CC1=C(O)c2ccccc2C(=O)C1=O. The van der Waals surface area contributed by atoms with E-state index in [1.165, 1.54) is 0 Å². The number of aliphatic hydroxyl groups excluding tert-OH is 1. The molecule has 0 radical (unpaired) electrons. The summed E-state index contributed by atoms with van der Waals surface area (Å²) in [5.74, 6) is -0.314. The van der Waals surface area contributed by atoms with Crippen LogP contribution in [0.15, 0.2) is 29.8 Å². The van der Waals surface area contributed by atoms with Crippen molar-refractivity contribution in [3.8, 4) is 0 Å². The summed E-state index contributed by atoms with van der Waals surface area (Å²) in [4.78, 5) is 24.2. The quantitative estimate of drug-likeness (QED) is 0.848. The lowest BCUT2D eigenvalue weighted by molar-refractivity contribution is -0.112. The maximum absolute atomic E-state index is 12.2. The number of allylic oxidation sites excluding steroid dienone is 1. The number of hydrogen-bond donors (Lipinski definition) is 1. The standard InChI is InChI=1S/C17H20O3/c1-10(2)8-11(3)9-14-15(18)12-6-4-5-7-13(12)16(19)17(14)20/h4-7,10-11,18H,8-9H2,1-3H3. The van der Waals surface area contributed by atoms with Crippen molar-refractivity contribution >= 4 is 17.3 Å². The van der Waals surface area contributed by atoms with Gasteiger partial charge in [-0.25, -0.2) is 0 Å². The molecule has 1 atom stereocenters. The predicted octanol–water partition coefficient (Wildman–Crippen LogP) is 3.79. The fourth-order valence-corrected chi connectivity index (χ4v) is 2.84. The van der Waals surface area contributed by atoms with Crippen molar-refractivity contribution < 1.29 is 14.7 Å². The molecule has 0 amide bonds. The molecule has 1 aromatic rings. The van der Waals surface area contributed by atoms with Crippen molar-refractivity contribution in [3.63, 3.8) is 0 Å². The average molecular weight is 272 g/mol. The van der Waals surface area contributed by atoms with E-state index in [9.17, 15) is 14.7 Å². The van der Waals surface area contributed by atoms with E-state index in [-0.39, 0.29) is 17.3 Å². The van der Waals surface area contributed by atoms with Crippen LogP contribution < -0.4 is 0 Å². The van der Waals surface area contributed by atoms with Gasteiger partial charge in [0.05, 0.1) is 0 Å². The van der Waals surface area contributed by atoms with Crippen molar-refractivity contribution in [3.05, 3.63) is 41.0 Å². The van der Waals surface area contributed by atoms with Gasteiger partial charge in [-0.15, -0.1) is 0 Å². The maximum atomic E-state index is 12.2. The number of carbonyl (C=O) groups is 2. The summed E-state index contributed by atoms with van der Waals surface area (Å²) >= 11 is 0. The summed E-state index contributed by atoms with van der Waals surface area (Å²) in [6, 6.07) is 6.72. The van der Waals surface area contributed by atoms with E-state index in [4.69, 9.17) is 0 Å². The van der Waals surface area contributed by atoms with E-state index in [0.717, 1.165) is 6.42 Å². The number of benzene rings is 1. The lowest BCUT2D eigenvalue weighted by Gasteiger charge is -2.21. The van der Waals surface area contributed by atoms with Crippen LogP contribution in [0.2, 0.25) is 0 Å². The number of rotatable bonds is 4. The number of Topliss-reactive ketones (excluding diaryl/α,β-unsaturated/α-hetero) is 2. The van der Waals surface area contributed by atoms with E-state index in [2.05, 4.69) is 13.8 Å². The highest BCUT2D eigenvalue weighted by atomic mass is 16.3. The Hall–Kier alpha value is -1.90. The molecular formula is C17H20O3. The Balaban J connectivity index is 2.37. The van der Waals surface area contributed by atoms with Crippen LogP contribution in [0, 0.1) is 11.8 Å². The highest BCUT2D eigenvalue weighted by Crippen LogP contribution is 2.32. The third-order valence-electron chi connectivity index (χ3n) is 3.62. The van der Waals surface area contributed by atoms with Crippen LogP contribution in [-0.2, 0) is 4.79 Å². The number of aliphatic hydroxyl groups is 1. The fraction of sp³-hybridized carbons (Fsp3) is 0.412. The lowest BCUT2D eigenvalue weighted by atomic mass is 9.83. The van der Waals surface area contributed by atoms with Crippen LogP contribution in [0.3, 0.4) is 0 Å². The van der Waals surface area contributed by atoms with Gasteiger partial charge in [0.1, 0.15) is 5.76 Å². The summed E-state index contributed by atoms with van der Waals surface area (Å²) < 4.78 is 0. The Morgan fingerprint density at radius 2 is 1.60 bits per heavy atom. The second-order valence-corrected chi connectivity index (χ2v) is 5.97. The number of hydrogen-bond acceptors (Lipinski definition) is 3. The molecule has 20 heavy (non-hydrogen) atoms. The molecule has 3 nitrogen and oxygen atoms in total. The van der Waals surface area contributed by atoms with Crippen LogP contribution in [-0.4, -0.2) is 16.7 Å².